The molecular weight excluding hydrogens is 856 g/mol. The molecule has 66 heavy (non-hydrogen) atoms. The summed E-state index contributed by atoms with van der Waals surface area (Å²) in [5.74, 6) is 1.24. The number of benzene rings is 4. The zero-order valence-corrected chi connectivity index (χ0v) is 38.4. The Balaban J connectivity index is 0.000000158. The molecule has 0 atom stereocenters. The molecule has 2 aromatic heterocycles. The minimum Gasteiger partial charge on any atom is -0.387 e. The van der Waals surface area contributed by atoms with Crippen molar-refractivity contribution >= 4 is 56.9 Å². The van der Waals surface area contributed by atoms with Gasteiger partial charge in [-0.3, -0.25) is 9.52 Å². The molecule has 6 aromatic rings. The first kappa shape index (κ1) is 49.0. The number of hydrogen-bond acceptors (Lipinski definition) is 10. The maximum atomic E-state index is 13.5. The van der Waals surface area contributed by atoms with E-state index in [0.29, 0.717) is 18.2 Å². The zero-order valence-electron chi connectivity index (χ0n) is 37.6. The second-order valence-electron chi connectivity index (χ2n) is 16.1. The van der Waals surface area contributed by atoms with Gasteiger partial charge in [-0.25, -0.2) is 28.1 Å². The standard InChI is InChI=1S/C20H18FN3O.C17H16FN3.C9H15N3S.C6H9F/c21-16-3-1-2-13(8-16)14-6-7-17-15(10-23-19(22)18(17)9-14)11-24-20(25)12-4-5-12;1-20-9-13-10-21-17(19)16-8-12(5-6-15(13)16)11-3-2-4-14(18)7-11;10-9-4-1-7(5-11-9)6-12-13-8-2-3-8;1-3-5-6(7)4-2/h1-3,6-10,12H,4-5,11H2,(H2,22,23)(H,24,25);2-8,10,20H,9H2,1H3,(H2,19,21);5,8,12H,1-4,6H2,(H2,10,11);3-5H,1-2H3/b;;;5-3-,6-4+. The van der Waals surface area contributed by atoms with Crippen LogP contribution >= 0.6 is 11.9 Å². The summed E-state index contributed by atoms with van der Waals surface area (Å²) >= 11 is 1.87. The smallest absolute Gasteiger partial charge is 0.223 e. The molecule has 0 saturated heterocycles. The lowest BCUT2D eigenvalue weighted by molar-refractivity contribution is -0.122. The summed E-state index contributed by atoms with van der Waals surface area (Å²) in [6, 6.07) is 24.7. The van der Waals surface area contributed by atoms with Gasteiger partial charge in [-0.2, -0.15) is 0 Å². The van der Waals surface area contributed by atoms with Crippen molar-refractivity contribution in [2.24, 2.45) is 16.6 Å². The summed E-state index contributed by atoms with van der Waals surface area (Å²) in [7, 11) is 1.89. The van der Waals surface area contributed by atoms with E-state index < -0.39 is 0 Å². The summed E-state index contributed by atoms with van der Waals surface area (Å²) in [5.41, 5.74) is 24.4. The minimum atomic E-state index is -0.278. The van der Waals surface area contributed by atoms with Crippen LogP contribution in [0.5, 0.6) is 0 Å². The van der Waals surface area contributed by atoms with Crippen molar-refractivity contribution in [3.63, 3.8) is 0 Å². The molecule has 2 fully saturated rings. The number of nitrogens with zero attached hydrogens (tertiary/aromatic N) is 3. The number of halogens is 3. The topological polar surface area (TPSA) is 169 Å². The predicted molar refractivity (Wildman–Crippen MR) is 268 cm³/mol. The van der Waals surface area contributed by atoms with E-state index in [-0.39, 0.29) is 29.3 Å². The van der Waals surface area contributed by atoms with Crippen molar-refractivity contribution in [2.45, 2.75) is 70.7 Å². The third-order valence-corrected chi connectivity index (χ3v) is 12.0. The van der Waals surface area contributed by atoms with E-state index in [0.717, 1.165) is 105 Å². The Hall–Kier alpha value is -6.48. The first-order valence-corrected chi connectivity index (χ1v) is 23.0. The van der Waals surface area contributed by atoms with Crippen molar-refractivity contribution in [1.82, 2.24) is 25.3 Å². The summed E-state index contributed by atoms with van der Waals surface area (Å²) in [6.07, 6.45) is 16.6. The summed E-state index contributed by atoms with van der Waals surface area (Å²) in [6.45, 7) is 5.55. The number of nitrogens with one attached hydrogen (secondary N) is 3. The average Bonchev–Trinajstić information content (AvgIpc) is 4.28. The molecule has 2 aliphatic carbocycles. The first-order valence-electron chi connectivity index (χ1n) is 22.1. The van der Waals surface area contributed by atoms with Gasteiger partial charge in [0.25, 0.3) is 0 Å². The first-order chi connectivity index (χ1) is 32.0. The van der Waals surface area contributed by atoms with E-state index in [9.17, 15) is 18.0 Å². The van der Waals surface area contributed by atoms with Crippen molar-refractivity contribution < 1.29 is 18.0 Å². The van der Waals surface area contributed by atoms with E-state index >= 15 is 0 Å². The van der Waals surface area contributed by atoms with Gasteiger partial charge >= 0.3 is 0 Å². The zero-order chi connectivity index (χ0) is 47.0. The highest BCUT2D eigenvalue weighted by molar-refractivity contribution is 7.98. The van der Waals surface area contributed by atoms with Gasteiger partial charge < -0.3 is 27.8 Å². The van der Waals surface area contributed by atoms with Gasteiger partial charge in [-0.05, 0) is 145 Å². The molecule has 344 valence electrons. The van der Waals surface area contributed by atoms with Crippen molar-refractivity contribution in [3.05, 3.63) is 156 Å². The van der Waals surface area contributed by atoms with Crippen LogP contribution < -0.4 is 32.6 Å². The fourth-order valence-electron chi connectivity index (χ4n) is 6.90. The SMILES string of the molecule is C/C=C\C(F)=C/C.CNCc1cnc(N)c2cc(-c3cccc(F)c3)ccc12.NC1=NC=C(CNSC2CC2)CC1.Nc1ncc(CNC(=O)C2CC2)c2ccc(-c3cccc(F)c3)cc12. The number of carbonyl (C=O) groups is 1. The van der Waals surface area contributed by atoms with Crippen LogP contribution in [0.3, 0.4) is 0 Å². The van der Waals surface area contributed by atoms with Gasteiger partial charge in [0.05, 0.1) is 5.84 Å². The average molecular weight is 914 g/mol. The number of amidine groups is 1. The molecule has 14 heteroatoms. The van der Waals surface area contributed by atoms with Gasteiger partial charge in [-0.1, -0.05) is 72.6 Å². The fourth-order valence-corrected chi connectivity index (χ4v) is 7.78. The number of aromatic nitrogens is 2. The van der Waals surface area contributed by atoms with Crippen LogP contribution in [0.15, 0.2) is 138 Å². The Morgan fingerprint density at radius 2 is 1.29 bits per heavy atom. The maximum absolute atomic E-state index is 13.5. The molecule has 1 aliphatic heterocycles. The summed E-state index contributed by atoms with van der Waals surface area (Å²) in [5, 5.41) is 10.7. The third-order valence-electron chi connectivity index (χ3n) is 10.9. The Kier molecular flexibility index (Phi) is 17.9. The van der Waals surface area contributed by atoms with Gasteiger partial charge in [-0.15, -0.1) is 0 Å². The molecular formula is C52H58F3N9OS. The molecule has 4 aromatic carbocycles. The molecule has 0 radical (unpaired) electrons. The van der Waals surface area contributed by atoms with E-state index in [2.05, 4.69) is 30.3 Å². The Labute approximate surface area is 389 Å². The Morgan fingerprint density at radius 3 is 1.74 bits per heavy atom. The van der Waals surface area contributed by atoms with E-state index in [1.807, 2.05) is 73.7 Å². The van der Waals surface area contributed by atoms with Gasteiger partial charge in [0, 0.05) is 66.6 Å². The highest BCUT2D eigenvalue weighted by Gasteiger charge is 2.29. The summed E-state index contributed by atoms with van der Waals surface area (Å²) in [4.78, 5) is 24.5. The highest BCUT2D eigenvalue weighted by atomic mass is 32.2. The van der Waals surface area contributed by atoms with Crippen molar-refractivity contribution in [2.75, 3.05) is 25.1 Å². The second kappa shape index (κ2) is 24.2. The number of nitrogen functional groups attached to an aromatic ring is 2. The normalized spacial score (nSPS) is 14.5. The Morgan fingerprint density at radius 1 is 0.727 bits per heavy atom. The number of pyridine rings is 2. The summed E-state index contributed by atoms with van der Waals surface area (Å²) < 4.78 is 42.1. The molecule has 0 spiro atoms. The second-order valence-corrected chi connectivity index (χ2v) is 17.3. The molecule has 0 unspecified atom stereocenters. The molecule has 1 amide bonds. The minimum absolute atomic E-state index is 0.0985. The van der Waals surface area contributed by atoms with Gasteiger partial charge in [0.2, 0.25) is 5.91 Å². The van der Waals surface area contributed by atoms with Crippen LogP contribution in [-0.2, 0) is 17.9 Å². The number of allylic oxidation sites excluding steroid dienone is 4. The number of hydrogen-bond donors (Lipinski definition) is 6. The molecule has 0 bridgehead atoms. The number of anilines is 2. The number of rotatable bonds is 12. The molecule has 9 N–H and O–H groups in total. The van der Waals surface area contributed by atoms with Crippen LogP contribution in [0.25, 0.3) is 43.8 Å². The number of carbonyl (C=O) groups excluding carboxylic acids is 1. The Bertz CT molecular complexity index is 2750. The van der Waals surface area contributed by atoms with Crippen molar-refractivity contribution in [1.29, 1.82) is 0 Å². The number of aliphatic imine (C=N–C) groups is 1. The van der Waals surface area contributed by atoms with Gasteiger partial charge in [0.15, 0.2) is 0 Å². The lowest BCUT2D eigenvalue weighted by atomic mass is 9.99. The van der Waals surface area contributed by atoms with Crippen LogP contribution in [-0.4, -0.2) is 40.6 Å². The molecule has 3 heterocycles. The van der Waals surface area contributed by atoms with E-state index in [1.54, 1.807) is 44.4 Å². The quantitative estimate of drug-likeness (QED) is 0.0517. The van der Waals surface area contributed by atoms with E-state index in [4.69, 9.17) is 17.2 Å². The number of amides is 1. The number of nitrogens with two attached hydrogens (primary N) is 3. The highest BCUT2D eigenvalue weighted by Crippen LogP contribution is 2.33. The third kappa shape index (κ3) is 14.5. The fraction of sp³-hybridized carbons (Fsp3) is 0.269. The molecule has 10 nitrogen and oxygen atoms in total. The van der Waals surface area contributed by atoms with Gasteiger partial charge in [0.1, 0.15) is 29.1 Å². The number of fused-ring (bicyclic) bond motifs is 2. The predicted octanol–water partition coefficient (Wildman–Crippen LogP) is 10.8. The molecule has 2 saturated carbocycles. The van der Waals surface area contributed by atoms with Crippen LogP contribution in [0, 0.1) is 17.6 Å². The monoisotopic (exact) mass is 913 g/mol. The van der Waals surface area contributed by atoms with E-state index in [1.165, 1.54) is 54.8 Å². The molecule has 3 aliphatic rings. The molecule has 9 rings (SSSR count). The van der Waals surface area contributed by atoms with Crippen LogP contribution in [0.1, 0.15) is 63.5 Å². The largest absolute Gasteiger partial charge is 0.387 e. The van der Waals surface area contributed by atoms with Crippen LogP contribution in [0.2, 0.25) is 0 Å². The lowest BCUT2D eigenvalue weighted by Crippen LogP contribution is -2.24. The van der Waals surface area contributed by atoms with Crippen molar-refractivity contribution in [3.8, 4) is 22.3 Å². The maximum Gasteiger partial charge on any atom is 0.223 e. The van der Waals surface area contributed by atoms with Crippen LogP contribution in [0.4, 0.5) is 24.8 Å². The lowest BCUT2D eigenvalue weighted by Gasteiger charge is -2.11.